The number of hydrogen-bond acceptors (Lipinski definition) is 2. The van der Waals surface area contributed by atoms with Crippen LogP contribution in [0.15, 0.2) is 40.9 Å². The summed E-state index contributed by atoms with van der Waals surface area (Å²) in [5, 5.41) is 0. The fraction of sp³-hybridized carbons (Fsp3) is 0.556. The van der Waals surface area contributed by atoms with E-state index in [1.165, 1.54) is 60.8 Å². The van der Waals surface area contributed by atoms with Crippen molar-refractivity contribution in [1.29, 1.82) is 0 Å². The fourth-order valence-corrected chi connectivity index (χ4v) is 8.57. The Bertz CT molecular complexity index is 963. The molecule has 0 radical (unpaired) electrons. The highest BCUT2D eigenvalue weighted by Crippen LogP contribution is 2.70. The maximum Gasteiger partial charge on any atom is 0.188 e. The number of benzene rings is 2. The van der Waals surface area contributed by atoms with Crippen molar-refractivity contribution >= 4 is 15.9 Å². The molecule has 2 nitrogen and oxygen atoms in total. The Balaban J connectivity index is 1.72. The second-order valence-electron chi connectivity index (χ2n) is 11.1. The zero-order valence-electron chi connectivity index (χ0n) is 18.7. The number of ether oxygens (including phenoxy) is 2. The normalized spacial score (nSPS) is 34.4. The molecule has 0 aromatic heterocycles. The first-order valence-electron chi connectivity index (χ1n) is 11.3. The molecule has 30 heavy (non-hydrogen) atoms. The van der Waals surface area contributed by atoms with Crippen LogP contribution in [-0.4, -0.2) is 13.9 Å². The minimum Gasteiger partial charge on any atom is -0.467 e. The third-order valence-electron chi connectivity index (χ3n) is 7.92. The fourth-order valence-electron chi connectivity index (χ4n) is 8.07. The molecule has 0 N–H and O–H groups in total. The van der Waals surface area contributed by atoms with Gasteiger partial charge >= 0.3 is 0 Å². The van der Waals surface area contributed by atoms with E-state index in [1.54, 1.807) is 7.11 Å². The van der Waals surface area contributed by atoms with Crippen LogP contribution in [0.25, 0.3) is 11.1 Å². The minimum atomic E-state index is 0.216. The maximum absolute atomic E-state index is 6.39. The van der Waals surface area contributed by atoms with Crippen molar-refractivity contribution in [2.24, 2.45) is 16.7 Å². The molecule has 6 rings (SSSR count). The van der Waals surface area contributed by atoms with Crippen LogP contribution in [0.1, 0.15) is 63.5 Å². The van der Waals surface area contributed by atoms with E-state index in [1.807, 2.05) is 0 Å². The Morgan fingerprint density at radius 3 is 2.30 bits per heavy atom. The van der Waals surface area contributed by atoms with Gasteiger partial charge in [-0.15, -0.1) is 0 Å². The highest BCUT2D eigenvalue weighted by atomic mass is 79.9. The molecule has 2 unspecified atom stereocenters. The summed E-state index contributed by atoms with van der Waals surface area (Å²) in [6.07, 6.45) is 8.07. The van der Waals surface area contributed by atoms with E-state index in [0.29, 0.717) is 10.8 Å². The average Bonchev–Trinajstić information content (AvgIpc) is 2.64. The Morgan fingerprint density at radius 2 is 1.67 bits per heavy atom. The number of aryl methyl sites for hydroxylation is 1. The zero-order chi connectivity index (χ0) is 21.1. The summed E-state index contributed by atoms with van der Waals surface area (Å²) in [4.78, 5) is 0. The number of methoxy groups -OCH3 is 1. The molecule has 4 atom stereocenters. The first-order valence-corrected chi connectivity index (χ1v) is 12.1. The molecule has 0 amide bonds. The van der Waals surface area contributed by atoms with Gasteiger partial charge in [0, 0.05) is 28.1 Å². The molecular formula is C27H33BrO2. The van der Waals surface area contributed by atoms with Crippen LogP contribution < -0.4 is 4.74 Å². The third kappa shape index (κ3) is 3.33. The molecule has 4 saturated carbocycles. The van der Waals surface area contributed by atoms with Gasteiger partial charge in [0.2, 0.25) is 0 Å². The smallest absolute Gasteiger partial charge is 0.188 e. The molecule has 2 aromatic carbocycles. The van der Waals surface area contributed by atoms with Gasteiger partial charge in [-0.2, -0.15) is 0 Å². The van der Waals surface area contributed by atoms with Crippen LogP contribution in [0, 0.1) is 23.7 Å². The lowest BCUT2D eigenvalue weighted by molar-refractivity contribution is -0.110. The van der Waals surface area contributed by atoms with Crippen LogP contribution in [-0.2, 0) is 10.2 Å². The molecule has 4 aliphatic rings. The summed E-state index contributed by atoms with van der Waals surface area (Å²) < 4.78 is 12.9. The number of halogens is 1. The molecule has 3 heteroatoms. The summed E-state index contributed by atoms with van der Waals surface area (Å²) in [5.41, 5.74) is 6.25. The summed E-state index contributed by atoms with van der Waals surface area (Å²) in [6.45, 7) is 7.60. The Labute approximate surface area is 189 Å². The standard InChI is InChI=1S/C27H33BrO2/c1-18-9-21(20-7-5-6-8-23(20)28)24(30-17-29-4)22(10-18)27-13-19-11-25(2,15-27)14-26(3,12-19)16-27/h5-10,19H,11-17H2,1-4H3/t19?,25-,26+,27?. The average molecular weight is 469 g/mol. The zero-order valence-corrected chi connectivity index (χ0v) is 20.3. The van der Waals surface area contributed by atoms with Crippen LogP contribution in [0.2, 0.25) is 0 Å². The molecule has 0 heterocycles. The van der Waals surface area contributed by atoms with E-state index >= 15 is 0 Å². The van der Waals surface area contributed by atoms with Gasteiger partial charge < -0.3 is 9.47 Å². The van der Waals surface area contributed by atoms with Crippen molar-refractivity contribution < 1.29 is 9.47 Å². The van der Waals surface area contributed by atoms with E-state index in [9.17, 15) is 0 Å². The molecule has 0 aliphatic heterocycles. The minimum absolute atomic E-state index is 0.216. The predicted octanol–water partition coefficient (Wildman–Crippen LogP) is 7.66. The third-order valence-corrected chi connectivity index (χ3v) is 8.61. The van der Waals surface area contributed by atoms with Gasteiger partial charge in [0.15, 0.2) is 6.79 Å². The Morgan fingerprint density at radius 1 is 0.967 bits per heavy atom. The van der Waals surface area contributed by atoms with Gasteiger partial charge in [0.25, 0.3) is 0 Å². The van der Waals surface area contributed by atoms with E-state index in [0.717, 1.165) is 16.1 Å². The summed E-state index contributed by atoms with van der Waals surface area (Å²) in [5.74, 6) is 1.88. The summed E-state index contributed by atoms with van der Waals surface area (Å²) >= 11 is 3.78. The number of rotatable bonds is 5. The molecule has 160 valence electrons. The highest BCUT2D eigenvalue weighted by Gasteiger charge is 2.61. The summed E-state index contributed by atoms with van der Waals surface area (Å²) in [6, 6.07) is 13.2. The summed E-state index contributed by atoms with van der Waals surface area (Å²) in [7, 11) is 1.71. The Kier molecular flexibility index (Phi) is 4.87. The molecule has 4 aliphatic carbocycles. The Hall–Kier alpha value is -1.32. The van der Waals surface area contributed by atoms with E-state index in [2.05, 4.69) is 73.1 Å². The lowest BCUT2D eigenvalue weighted by Crippen LogP contribution is -2.56. The molecular weight excluding hydrogens is 436 g/mol. The van der Waals surface area contributed by atoms with Crippen molar-refractivity contribution in [1.82, 2.24) is 0 Å². The lowest BCUT2D eigenvalue weighted by atomic mass is 9.39. The van der Waals surface area contributed by atoms with E-state index in [-0.39, 0.29) is 12.2 Å². The van der Waals surface area contributed by atoms with Gasteiger partial charge in [-0.05, 0) is 85.5 Å². The van der Waals surface area contributed by atoms with Crippen molar-refractivity contribution in [2.75, 3.05) is 13.9 Å². The van der Waals surface area contributed by atoms with Gasteiger partial charge in [-0.3, -0.25) is 0 Å². The van der Waals surface area contributed by atoms with Crippen LogP contribution >= 0.6 is 15.9 Å². The second-order valence-corrected chi connectivity index (χ2v) is 12.0. The van der Waals surface area contributed by atoms with Gasteiger partial charge in [-0.25, -0.2) is 0 Å². The second kappa shape index (κ2) is 7.10. The highest BCUT2D eigenvalue weighted by molar-refractivity contribution is 9.10. The molecule has 0 saturated heterocycles. The van der Waals surface area contributed by atoms with Gasteiger partial charge in [0.1, 0.15) is 5.75 Å². The maximum atomic E-state index is 6.39. The van der Waals surface area contributed by atoms with Gasteiger partial charge in [0.05, 0.1) is 0 Å². The molecule has 4 fully saturated rings. The topological polar surface area (TPSA) is 18.5 Å². The van der Waals surface area contributed by atoms with Crippen molar-refractivity contribution in [2.45, 2.75) is 64.7 Å². The predicted molar refractivity (Wildman–Crippen MR) is 126 cm³/mol. The molecule has 2 aromatic rings. The van der Waals surface area contributed by atoms with Crippen molar-refractivity contribution in [3.8, 4) is 16.9 Å². The molecule has 0 spiro atoms. The van der Waals surface area contributed by atoms with Crippen LogP contribution in [0.5, 0.6) is 5.75 Å². The van der Waals surface area contributed by atoms with Crippen LogP contribution in [0.3, 0.4) is 0 Å². The van der Waals surface area contributed by atoms with Crippen molar-refractivity contribution in [3.05, 3.63) is 52.0 Å². The SMILES string of the molecule is COCOc1c(-c2ccccc2Br)cc(C)cc1C12CC3C[C@@](C)(C1)C[C@](C)(C3)C2. The van der Waals surface area contributed by atoms with E-state index in [4.69, 9.17) is 9.47 Å². The molecule has 4 bridgehead atoms. The number of hydrogen-bond donors (Lipinski definition) is 0. The lowest BCUT2D eigenvalue weighted by Gasteiger charge is -2.65. The first-order chi connectivity index (χ1) is 14.2. The monoisotopic (exact) mass is 468 g/mol. The largest absolute Gasteiger partial charge is 0.467 e. The van der Waals surface area contributed by atoms with Crippen molar-refractivity contribution in [3.63, 3.8) is 0 Å². The first kappa shape index (κ1) is 20.6. The quantitative estimate of drug-likeness (QED) is 0.419. The van der Waals surface area contributed by atoms with E-state index < -0.39 is 0 Å². The van der Waals surface area contributed by atoms with Gasteiger partial charge in [-0.1, -0.05) is 54.0 Å². The van der Waals surface area contributed by atoms with Crippen LogP contribution in [0.4, 0.5) is 0 Å².